The van der Waals surface area contributed by atoms with Gasteiger partial charge in [-0.3, -0.25) is 4.98 Å². The Morgan fingerprint density at radius 2 is 1.95 bits per heavy atom. The number of aliphatic hydroxyl groups excluding tert-OH is 1. The lowest BCUT2D eigenvalue weighted by molar-refractivity contribution is 0.201. The summed E-state index contributed by atoms with van der Waals surface area (Å²) in [4.78, 5) is 4.36. The Hall–Kier alpha value is -2.65. The molecule has 3 nitrogen and oxygen atoms in total. The number of fused-ring (bicyclic) bond motifs is 2. The van der Waals surface area contributed by atoms with Gasteiger partial charge in [-0.1, -0.05) is 18.2 Å². The number of hydrogen-bond donors (Lipinski definition) is 1. The van der Waals surface area contributed by atoms with Crippen LogP contribution in [-0.4, -0.2) is 14.7 Å². The van der Waals surface area contributed by atoms with Crippen LogP contribution in [0.15, 0.2) is 67.0 Å². The van der Waals surface area contributed by atoms with Crippen LogP contribution in [0.1, 0.15) is 18.6 Å². The topological polar surface area (TPSA) is 38.0 Å². The average molecular weight is 288 g/mol. The van der Waals surface area contributed by atoms with E-state index in [1.54, 1.807) is 6.92 Å². The minimum Gasteiger partial charge on any atom is -0.389 e. The summed E-state index contributed by atoms with van der Waals surface area (Å²) >= 11 is 0. The number of aromatic nitrogens is 2. The molecule has 0 amide bonds. The van der Waals surface area contributed by atoms with Gasteiger partial charge in [0.2, 0.25) is 0 Å². The Balaban J connectivity index is 1.94. The van der Waals surface area contributed by atoms with Crippen LogP contribution < -0.4 is 0 Å². The molecule has 0 saturated carbocycles. The molecule has 4 aromatic rings. The van der Waals surface area contributed by atoms with E-state index in [0.717, 1.165) is 33.1 Å². The van der Waals surface area contributed by atoms with E-state index in [2.05, 4.69) is 39.9 Å². The van der Waals surface area contributed by atoms with E-state index < -0.39 is 6.10 Å². The second-order valence-corrected chi connectivity index (χ2v) is 5.52. The Labute approximate surface area is 128 Å². The second-order valence-electron chi connectivity index (χ2n) is 5.52. The van der Waals surface area contributed by atoms with Crippen LogP contribution >= 0.6 is 0 Å². The summed E-state index contributed by atoms with van der Waals surface area (Å²) in [6.45, 7) is 1.80. The smallest absolute Gasteiger partial charge is 0.0768 e. The maximum absolute atomic E-state index is 9.93. The Morgan fingerprint density at radius 1 is 1.05 bits per heavy atom. The number of aliphatic hydroxyl groups is 1. The molecular formula is C19H16N2O. The second kappa shape index (κ2) is 4.97. The highest BCUT2D eigenvalue weighted by Gasteiger charge is 2.10. The van der Waals surface area contributed by atoms with E-state index in [1.807, 2.05) is 36.7 Å². The molecule has 1 unspecified atom stereocenters. The zero-order valence-corrected chi connectivity index (χ0v) is 12.3. The van der Waals surface area contributed by atoms with Gasteiger partial charge in [-0.25, -0.2) is 0 Å². The predicted octanol–water partition coefficient (Wildman–Crippen LogP) is 4.23. The normalized spacial score (nSPS) is 12.8. The largest absolute Gasteiger partial charge is 0.389 e. The molecule has 4 rings (SSSR count). The predicted molar refractivity (Wildman–Crippen MR) is 89.2 cm³/mol. The zero-order chi connectivity index (χ0) is 15.1. The molecule has 1 N–H and O–H groups in total. The number of nitrogens with zero attached hydrogens (tertiary/aromatic N) is 2. The average Bonchev–Trinajstić information content (AvgIpc) is 2.98. The SMILES string of the molecule is CC(O)c1cccc2c1ccn2-c1ccc2ncccc2c1. The maximum atomic E-state index is 9.93. The first-order valence-electron chi connectivity index (χ1n) is 7.37. The molecule has 0 aliphatic carbocycles. The molecule has 0 spiro atoms. The van der Waals surface area contributed by atoms with Crippen LogP contribution in [0.5, 0.6) is 0 Å². The highest BCUT2D eigenvalue weighted by atomic mass is 16.3. The highest BCUT2D eigenvalue weighted by molar-refractivity contribution is 5.87. The lowest BCUT2D eigenvalue weighted by Crippen LogP contribution is -1.94. The Bertz CT molecular complexity index is 969. The van der Waals surface area contributed by atoms with Crippen molar-refractivity contribution < 1.29 is 5.11 Å². The monoisotopic (exact) mass is 288 g/mol. The first kappa shape index (κ1) is 13.0. The Kier molecular flexibility index (Phi) is 2.94. The fourth-order valence-electron chi connectivity index (χ4n) is 2.99. The third-order valence-electron chi connectivity index (χ3n) is 4.08. The molecule has 2 heterocycles. The fourth-order valence-corrected chi connectivity index (χ4v) is 2.99. The first-order chi connectivity index (χ1) is 10.7. The highest BCUT2D eigenvalue weighted by Crippen LogP contribution is 2.28. The van der Waals surface area contributed by atoms with Gasteiger partial charge in [0.1, 0.15) is 0 Å². The molecule has 2 aromatic carbocycles. The zero-order valence-electron chi connectivity index (χ0n) is 12.3. The fraction of sp³-hybridized carbons (Fsp3) is 0.105. The summed E-state index contributed by atoms with van der Waals surface area (Å²) in [6, 6.07) is 18.4. The summed E-state index contributed by atoms with van der Waals surface area (Å²) in [7, 11) is 0. The van der Waals surface area contributed by atoms with Crippen molar-refractivity contribution in [3.63, 3.8) is 0 Å². The summed E-state index contributed by atoms with van der Waals surface area (Å²) in [5.74, 6) is 0. The van der Waals surface area contributed by atoms with Crippen LogP contribution in [0, 0.1) is 0 Å². The summed E-state index contributed by atoms with van der Waals surface area (Å²) in [5, 5.41) is 12.1. The standard InChI is InChI=1S/C19H16N2O/c1-13(22)16-5-2-6-19-17(16)9-11-21(19)15-7-8-18-14(12-15)4-3-10-20-18/h2-13,22H,1H3. The van der Waals surface area contributed by atoms with Crippen molar-refractivity contribution in [2.24, 2.45) is 0 Å². The lowest BCUT2D eigenvalue weighted by Gasteiger charge is -2.09. The van der Waals surface area contributed by atoms with Gasteiger partial charge in [0.25, 0.3) is 0 Å². The summed E-state index contributed by atoms with van der Waals surface area (Å²) in [5.41, 5.74) is 4.14. The van der Waals surface area contributed by atoms with Crippen molar-refractivity contribution in [2.75, 3.05) is 0 Å². The van der Waals surface area contributed by atoms with Crippen molar-refractivity contribution in [3.8, 4) is 5.69 Å². The van der Waals surface area contributed by atoms with Crippen molar-refractivity contribution in [1.82, 2.24) is 9.55 Å². The molecule has 0 aliphatic rings. The van der Waals surface area contributed by atoms with Crippen molar-refractivity contribution >= 4 is 21.8 Å². The van der Waals surface area contributed by atoms with E-state index in [1.165, 1.54) is 0 Å². The third-order valence-corrected chi connectivity index (χ3v) is 4.08. The molecule has 0 radical (unpaired) electrons. The molecule has 0 fully saturated rings. The van der Waals surface area contributed by atoms with Gasteiger partial charge in [0.05, 0.1) is 17.1 Å². The van der Waals surface area contributed by atoms with E-state index in [9.17, 15) is 5.11 Å². The van der Waals surface area contributed by atoms with Gasteiger partial charge in [-0.2, -0.15) is 0 Å². The van der Waals surface area contributed by atoms with Crippen molar-refractivity contribution in [1.29, 1.82) is 0 Å². The molecule has 0 bridgehead atoms. The van der Waals surface area contributed by atoms with E-state index in [4.69, 9.17) is 0 Å². The van der Waals surface area contributed by atoms with Crippen LogP contribution in [0.2, 0.25) is 0 Å². The van der Waals surface area contributed by atoms with Gasteiger partial charge in [0.15, 0.2) is 0 Å². The number of pyridine rings is 1. The van der Waals surface area contributed by atoms with Crippen LogP contribution in [0.4, 0.5) is 0 Å². The Morgan fingerprint density at radius 3 is 2.82 bits per heavy atom. The minimum atomic E-state index is -0.472. The number of benzene rings is 2. The number of hydrogen-bond acceptors (Lipinski definition) is 2. The van der Waals surface area contributed by atoms with Crippen LogP contribution in [0.3, 0.4) is 0 Å². The van der Waals surface area contributed by atoms with Crippen molar-refractivity contribution in [2.45, 2.75) is 13.0 Å². The van der Waals surface area contributed by atoms with E-state index >= 15 is 0 Å². The van der Waals surface area contributed by atoms with Crippen LogP contribution in [0.25, 0.3) is 27.5 Å². The number of rotatable bonds is 2. The van der Waals surface area contributed by atoms with Gasteiger partial charge in [0, 0.05) is 28.9 Å². The van der Waals surface area contributed by atoms with E-state index in [0.29, 0.717) is 0 Å². The molecule has 0 saturated heterocycles. The first-order valence-corrected chi connectivity index (χ1v) is 7.37. The van der Waals surface area contributed by atoms with Crippen molar-refractivity contribution in [3.05, 3.63) is 72.6 Å². The van der Waals surface area contributed by atoms with Crippen LogP contribution in [-0.2, 0) is 0 Å². The molecular weight excluding hydrogens is 272 g/mol. The molecule has 108 valence electrons. The third kappa shape index (κ3) is 1.98. The molecule has 3 heteroatoms. The molecule has 1 atom stereocenters. The summed E-state index contributed by atoms with van der Waals surface area (Å²) < 4.78 is 2.15. The minimum absolute atomic E-state index is 0.472. The van der Waals surface area contributed by atoms with Gasteiger partial charge in [-0.05, 0) is 48.9 Å². The summed E-state index contributed by atoms with van der Waals surface area (Å²) in [6.07, 6.45) is 3.39. The van der Waals surface area contributed by atoms with Gasteiger partial charge >= 0.3 is 0 Å². The van der Waals surface area contributed by atoms with E-state index in [-0.39, 0.29) is 0 Å². The molecule has 22 heavy (non-hydrogen) atoms. The molecule has 0 aliphatic heterocycles. The van der Waals surface area contributed by atoms with Gasteiger partial charge < -0.3 is 9.67 Å². The maximum Gasteiger partial charge on any atom is 0.0768 e. The quantitative estimate of drug-likeness (QED) is 0.599. The molecule has 2 aromatic heterocycles. The van der Waals surface area contributed by atoms with Gasteiger partial charge in [-0.15, -0.1) is 0 Å². The lowest BCUT2D eigenvalue weighted by atomic mass is 10.1.